The third-order valence-corrected chi connectivity index (χ3v) is 5.50. The van der Waals surface area contributed by atoms with Crippen LogP contribution in [-0.2, 0) is 11.8 Å². The number of anilines is 1. The maximum Gasteiger partial charge on any atom is 0.251 e. The first-order chi connectivity index (χ1) is 15.4. The first-order valence-electron chi connectivity index (χ1n) is 9.58. The van der Waals surface area contributed by atoms with E-state index in [0.29, 0.717) is 28.0 Å². The molecule has 2 amide bonds. The summed E-state index contributed by atoms with van der Waals surface area (Å²) in [5, 5.41) is 33.2. The molecule has 10 nitrogen and oxygen atoms in total. The van der Waals surface area contributed by atoms with Gasteiger partial charge in [-0.2, -0.15) is 0 Å². The van der Waals surface area contributed by atoms with E-state index < -0.39 is 6.04 Å². The number of phenols is 1. The van der Waals surface area contributed by atoms with Crippen LogP contribution in [0.3, 0.4) is 0 Å². The van der Waals surface area contributed by atoms with Crippen molar-refractivity contribution in [3.8, 4) is 11.5 Å². The van der Waals surface area contributed by atoms with E-state index in [1.807, 2.05) is 0 Å². The minimum Gasteiger partial charge on any atom is -0.508 e. The van der Waals surface area contributed by atoms with Gasteiger partial charge >= 0.3 is 0 Å². The molecule has 4 N–H and O–H groups in total. The van der Waals surface area contributed by atoms with Crippen LogP contribution in [0.5, 0.6) is 11.5 Å². The van der Waals surface area contributed by atoms with Crippen molar-refractivity contribution in [1.82, 2.24) is 20.1 Å². The van der Waals surface area contributed by atoms with E-state index in [-0.39, 0.29) is 29.9 Å². The van der Waals surface area contributed by atoms with Gasteiger partial charge in [-0.1, -0.05) is 17.8 Å². The van der Waals surface area contributed by atoms with Crippen molar-refractivity contribution in [2.75, 3.05) is 24.8 Å². The second kappa shape index (κ2) is 10.6. The molecule has 3 aromatic rings. The number of hydrogen-bond acceptors (Lipinski definition) is 8. The highest BCUT2D eigenvalue weighted by Gasteiger charge is 2.22. The van der Waals surface area contributed by atoms with Crippen molar-refractivity contribution in [3.63, 3.8) is 0 Å². The van der Waals surface area contributed by atoms with Crippen LogP contribution >= 0.6 is 11.8 Å². The van der Waals surface area contributed by atoms with Gasteiger partial charge in [0.05, 0.1) is 19.5 Å². The number of ether oxygens (including phenoxy) is 1. The number of aliphatic hydroxyl groups is 1. The third kappa shape index (κ3) is 5.77. The predicted molar refractivity (Wildman–Crippen MR) is 119 cm³/mol. The van der Waals surface area contributed by atoms with Gasteiger partial charge in [-0.05, 0) is 36.4 Å². The van der Waals surface area contributed by atoms with Gasteiger partial charge in [0.2, 0.25) is 5.91 Å². The highest BCUT2D eigenvalue weighted by Crippen LogP contribution is 2.21. The van der Waals surface area contributed by atoms with E-state index in [4.69, 9.17) is 4.74 Å². The molecule has 0 aliphatic heterocycles. The number of nitrogens with one attached hydrogen (secondary N) is 2. The van der Waals surface area contributed by atoms with Crippen molar-refractivity contribution < 1.29 is 24.5 Å². The van der Waals surface area contributed by atoms with Crippen molar-refractivity contribution in [1.29, 1.82) is 0 Å². The van der Waals surface area contributed by atoms with E-state index in [2.05, 4.69) is 20.8 Å². The lowest BCUT2D eigenvalue weighted by atomic mass is 10.2. The monoisotopic (exact) mass is 457 g/mol. The number of rotatable bonds is 9. The molecule has 32 heavy (non-hydrogen) atoms. The summed E-state index contributed by atoms with van der Waals surface area (Å²) < 4.78 is 6.69. The molecule has 1 aromatic heterocycles. The molecule has 1 heterocycles. The zero-order chi connectivity index (χ0) is 23.1. The molecule has 0 fully saturated rings. The van der Waals surface area contributed by atoms with Crippen LogP contribution in [0.4, 0.5) is 5.69 Å². The number of hydrogen-bond donors (Lipinski definition) is 4. The molecule has 0 aliphatic rings. The van der Waals surface area contributed by atoms with Crippen LogP contribution in [-0.4, -0.2) is 56.3 Å². The smallest absolute Gasteiger partial charge is 0.251 e. The Morgan fingerprint density at radius 3 is 2.59 bits per heavy atom. The highest BCUT2D eigenvalue weighted by atomic mass is 32.2. The Morgan fingerprint density at radius 2 is 1.94 bits per heavy atom. The SMILES string of the molecule is COc1ccc(C(=O)NC(CO)c2nnc(SCC(=O)Nc3cccc(O)c3)n2C)cc1. The number of amides is 2. The fourth-order valence-corrected chi connectivity index (χ4v) is 3.56. The molecule has 3 rings (SSSR count). The largest absolute Gasteiger partial charge is 0.508 e. The number of methoxy groups -OCH3 is 1. The van der Waals surface area contributed by atoms with Crippen LogP contribution in [0, 0.1) is 0 Å². The number of nitrogens with zero attached hydrogens (tertiary/aromatic N) is 3. The number of aromatic nitrogens is 3. The van der Waals surface area contributed by atoms with Crippen LogP contribution in [0.1, 0.15) is 22.2 Å². The van der Waals surface area contributed by atoms with E-state index in [1.165, 1.54) is 19.2 Å². The second-order valence-corrected chi connectivity index (χ2v) is 7.67. The molecule has 168 valence electrons. The van der Waals surface area contributed by atoms with Gasteiger partial charge in [0, 0.05) is 24.4 Å². The van der Waals surface area contributed by atoms with Crippen molar-refractivity contribution in [2.24, 2.45) is 7.05 Å². The Balaban J connectivity index is 1.61. The molecule has 0 aliphatic carbocycles. The summed E-state index contributed by atoms with van der Waals surface area (Å²) in [5.41, 5.74) is 0.889. The Labute approximate surface area is 188 Å². The molecular weight excluding hydrogens is 434 g/mol. The number of benzene rings is 2. The summed E-state index contributed by atoms with van der Waals surface area (Å²) in [7, 11) is 3.23. The molecule has 0 bridgehead atoms. The van der Waals surface area contributed by atoms with Crippen LogP contribution < -0.4 is 15.4 Å². The van der Waals surface area contributed by atoms with Crippen molar-refractivity contribution >= 4 is 29.3 Å². The highest BCUT2D eigenvalue weighted by molar-refractivity contribution is 7.99. The molecule has 1 atom stereocenters. The van der Waals surface area contributed by atoms with Gasteiger partial charge in [0.1, 0.15) is 17.5 Å². The van der Waals surface area contributed by atoms with Gasteiger partial charge in [0.15, 0.2) is 11.0 Å². The number of carbonyl (C=O) groups excluding carboxylic acids is 2. The molecule has 0 radical (unpaired) electrons. The molecule has 0 saturated carbocycles. The maximum absolute atomic E-state index is 12.5. The first kappa shape index (κ1) is 23.1. The Kier molecular flexibility index (Phi) is 7.68. The standard InChI is InChI=1S/C21H23N5O5S/c1-26-19(17(11-27)23-20(30)13-6-8-16(31-2)9-7-13)24-25-21(26)32-12-18(29)22-14-4-3-5-15(28)10-14/h3-10,17,27-28H,11-12H2,1-2H3,(H,22,29)(H,23,30). The van der Waals surface area contributed by atoms with Gasteiger partial charge < -0.3 is 30.2 Å². The number of thioether (sulfide) groups is 1. The second-order valence-electron chi connectivity index (χ2n) is 6.72. The number of aliphatic hydroxyl groups excluding tert-OH is 1. The van der Waals surface area contributed by atoms with Gasteiger partial charge in [-0.25, -0.2) is 0 Å². The molecule has 0 spiro atoms. The molecule has 1 unspecified atom stereocenters. The molecular formula is C21H23N5O5S. The lowest BCUT2D eigenvalue weighted by Crippen LogP contribution is -2.32. The van der Waals surface area contributed by atoms with Crippen molar-refractivity contribution in [2.45, 2.75) is 11.2 Å². The van der Waals surface area contributed by atoms with Crippen LogP contribution in [0.15, 0.2) is 53.7 Å². The normalized spacial score (nSPS) is 11.6. The van der Waals surface area contributed by atoms with Crippen LogP contribution in [0.2, 0.25) is 0 Å². The van der Waals surface area contributed by atoms with E-state index in [9.17, 15) is 19.8 Å². The lowest BCUT2D eigenvalue weighted by Gasteiger charge is -2.16. The topological polar surface area (TPSA) is 139 Å². The quantitative estimate of drug-likeness (QED) is 0.356. The summed E-state index contributed by atoms with van der Waals surface area (Å²) in [6.45, 7) is -0.378. The number of phenolic OH excluding ortho intramolecular Hbond substituents is 1. The Morgan fingerprint density at radius 1 is 1.19 bits per heavy atom. The molecule has 2 aromatic carbocycles. The third-order valence-electron chi connectivity index (χ3n) is 4.48. The fourth-order valence-electron chi connectivity index (χ4n) is 2.84. The number of aromatic hydroxyl groups is 1. The lowest BCUT2D eigenvalue weighted by molar-refractivity contribution is -0.113. The average Bonchev–Trinajstić information content (AvgIpc) is 3.16. The van der Waals surface area contributed by atoms with E-state index in [1.54, 1.807) is 48.0 Å². The predicted octanol–water partition coefficient (Wildman–Crippen LogP) is 1.72. The van der Waals surface area contributed by atoms with E-state index in [0.717, 1.165) is 11.8 Å². The average molecular weight is 458 g/mol. The molecule has 0 saturated heterocycles. The zero-order valence-electron chi connectivity index (χ0n) is 17.5. The summed E-state index contributed by atoms with van der Waals surface area (Å²) in [4.78, 5) is 24.7. The fraction of sp³-hybridized carbons (Fsp3) is 0.238. The molecule has 11 heteroatoms. The summed E-state index contributed by atoms with van der Waals surface area (Å²) in [6, 6.07) is 12.0. The summed E-state index contributed by atoms with van der Waals surface area (Å²) >= 11 is 1.15. The summed E-state index contributed by atoms with van der Waals surface area (Å²) in [5.74, 6) is 0.434. The Hall–Kier alpha value is -3.57. The van der Waals surface area contributed by atoms with Crippen molar-refractivity contribution in [3.05, 3.63) is 59.9 Å². The minimum atomic E-state index is -0.780. The van der Waals surface area contributed by atoms with E-state index >= 15 is 0 Å². The van der Waals surface area contributed by atoms with Crippen LogP contribution in [0.25, 0.3) is 0 Å². The first-order valence-corrected chi connectivity index (χ1v) is 10.6. The minimum absolute atomic E-state index is 0.0557. The zero-order valence-corrected chi connectivity index (χ0v) is 18.3. The maximum atomic E-state index is 12.5. The Bertz CT molecular complexity index is 1090. The summed E-state index contributed by atoms with van der Waals surface area (Å²) in [6.07, 6.45) is 0. The number of carbonyl (C=O) groups is 2. The van der Waals surface area contributed by atoms with Gasteiger partial charge in [0.25, 0.3) is 5.91 Å². The van der Waals surface area contributed by atoms with Gasteiger partial charge in [-0.3, -0.25) is 9.59 Å². The van der Waals surface area contributed by atoms with Gasteiger partial charge in [-0.15, -0.1) is 10.2 Å².